The van der Waals surface area contributed by atoms with Crippen molar-refractivity contribution in [1.29, 1.82) is 0 Å². The maximum atomic E-state index is 14.0. The van der Waals surface area contributed by atoms with Crippen molar-refractivity contribution in [3.05, 3.63) is 86.7 Å². The molecule has 0 amide bonds. The molecule has 3 atom stereocenters. The van der Waals surface area contributed by atoms with E-state index in [1.807, 2.05) is 30.3 Å². The molecule has 2 aromatic rings. The predicted octanol–water partition coefficient (Wildman–Crippen LogP) is 7.04. The molecule has 2 unspecified atom stereocenters. The first kappa shape index (κ1) is 31.4. The van der Waals surface area contributed by atoms with Crippen LogP contribution >= 0.6 is 35.0 Å². The van der Waals surface area contributed by atoms with Crippen LogP contribution in [0.15, 0.2) is 76.0 Å². The zero-order chi connectivity index (χ0) is 29.4. The minimum atomic E-state index is -0.848. The molecule has 1 saturated heterocycles. The van der Waals surface area contributed by atoms with Gasteiger partial charge in [-0.3, -0.25) is 0 Å². The molecule has 2 aliphatic rings. The Kier molecular flexibility index (Phi) is 11.6. The molecule has 10 heteroatoms. The Balaban J connectivity index is 1.64. The third-order valence-corrected chi connectivity index (χ3v) is 8.80. The number of allylic oxidation sites excluding steroid dienone is 2. The number of carbonyl (C=O) groups is 2. The summed E-state index contributed by atoms with van der Waals surface area (Å²) in [4.78, 5) is 28.3. The van der Waals surface area contributed by atoms with E-state index >= 15 is 0 Å². The second kappa shape index (κ2) is 15.1. The summed E-state index contributed by atoms with van der Waals surface area (Å²) in [6.07, 6.45) is 1.90. The van der Waals surface area contributed by atoms with Crippen molar-refractivity contribution >= 4 is 46.9 Å². The van der Waals surface area contributed by atoms with Crippen LogP contribution in [0, 0.1) is 0 Å². The van der Waals surface area contributed by atoms with Crippen LogP contribution in [0.5, 0.6) is 0 Å². The highest BCUT2D eigenvalue weighted by Gasteiger charge is 2.40. The molecule has 2 heterocycles. The molecule has 0 bridgehead atoms. The fourth-order valence-corrected chi connectivity index (χ4v) is 6.20. The summed E-state index contributed by atoms with van der Waals surface area (Å²) in [5, 5.41) is 3.74. The van der Waals surface area contributed by atoms with Gasteiger partial charge >= 0.3 is 11.9 Å². The van der Waals surface area contributed by atoms with Crippen LogP contribution in [0.4, 0.5) is 0 Å². The summed E-state index contributed by atoms with van der Waals surface area (Å²) >= 11 is 14.6. The number of dihydropyridines is 1. The van der Waals surface area contributed by atoms with Crippen LogP contribution in [-0.2, 0) is 28.5 Å². The Hall–Kier alpha value is -2.49. The molecule has 2 aliphatic heterocycles. The number of rotatable bonds is 11. The minimum absolute atomic E-state index is 0.165. The van der Waals surface area contributed by atoms with Crippen LogP contribution in [0.1, 0.15) is 51.5 Å². The second-order valence-corrected chi connectivity index (χ2v) is 11.7. The second-order valence-electron chi connectivity index (χ2n) is 9.78. The van der Waals surface area contributed by atoms with Gasteiger partial charge in [-0.2, -0.15) is 0 Å². The van der Waals surface area contributed by atoms with Crippen molar-refractivity contribution in [3.8, 4) is 0 Å². The smallest absolute Gasteiger partial charge is 0.337 e. The van der Waals surface area contributed by atoms with E-state index in [0.29, 0.717) is 34.3 Å². The van der Waals surface area contributed by atoms with Gasteiger partial charge in [0.2, 0.25) is 0 Å². The van der Waals surface area contributed by atoms with Gasteiger partial charge in [-0.15, -0.1) is 11.8 Å². The van der Waals surface area contributed by atoms with Crippen molar-refractivity contribution < 1.29 is 28.5 Å². The van der Waals surface area contributed by atoms with Gasteiger partial charge in [0.25, 0.3) is 0 Å². The Labute approximate surface area is 255 Å². The summed E-state index contributed by atoms with van der Waals surface area (Å²) in [5.41, 5.74) is 2.15. The summed E-state index contributed by atoms with van der Waals surface area (Å²) < 4.78 is 23.3. The Bertz CT molecular complexity index is 1290. The van der Waals surface area contributed by atoms with Gasteiger partial charge in [-0.1, -0.05) is 53.5 Å². The van der Waals surface area contributed by atoms with E-state index < -0.39 is 24.0 Å². The topological polar surface area (TPSA) is 83.1 Å². The van der Waals surface area contributed by atoms with Gasteiger partial charge < -0.3 is 24.3 Å². The molecule has 0 radical (unpaired) electrons. The summed E-state index contributed by atoms with van der Waals surface area (Å²) in [5.74, 6) is -1.52. The van der Waals surface area contributed by atoms with E-state index in [0.717, 1.165) is 24.2 Å². The Morgan fingerprint density at radius 1 is 1.02 bits per heavy atom. The highest BCUT2D eigenvalue weighted by Crippen LogP contribution is 2.43. The monoisotopic (exact) mass is 619 g/mol. The van der Waals surface area contributed by atoms with E-state index in [1.165, 1.54) is 0 Å². The minimum Gasteiger partial charge on any atom is -0.463 e. The highest BCUT2D eigenvalue weighted by molar-refractivity contribution is 7.99. The molecule has 7 nitrogen and oxygen atoms in total. The maximum Gasteiger partial charge on any atom is 0.337 e. The van der Waals surface area contributed by atoms with Crippen molar-refractivity contribution in [1.82, 2.24) is 5.32 Å². The van der Waals surface area contributed by atoms with Crippen LogP contribution in [0.25, 0.3) is 0 Å². The average molecular weight is 621 g/mol. The normalized spacial score (nSPS) is 19.9. The van der Waals surface area contributed by atoms with Crippen molar-refractivity contribution in [2.45, 2.75) is 63.2 Å². The lowest BCUT2D eigenvalue weighted by Crippen LogP contribution is -2.36. The predicted molar refractivity (Wildman–Crippen MR) is 161 cm³/mol. The fraction of sp³-hybridized carbons (Fsp3) is 0.419. The van der Waals surface area contributed by atoms with Crippen molar-refractivity contribution in [3.63, 3.8) is 0 Å². The lowest BCUT2D eigenvalue weighted by Gasteiger charge is -2.32. The molecule has 1 N–H and O–H groups in total. The van der Waals surface area contributed by atoms with Crippen molar-refractivity contribution in [2.24, 2.45) is 0 Å². The van der Waals surface area contributed by atoms with Gasteiger partial charge in [0.1, 0.15) is 6.10 Å². The number of nitrogens with one attached hydrogen (secondary N) is 1. The van der Waals surface area contributed by atoms with Crippen LogP contribution in [-0.4, -0.2) is 49.9 Å². The largest absolute Gasteiger partial charge is 0.463 e. The molecule has 2 aromatic carbocycles. The maximum absolute atomic E-state index is 14.0. The number of carbonyl (C=O) groups excluding carboxylic acids is 2. The SMILES string of the molecule is CCOC(=O)C1=C(C)NC(C)=C(C(=O)O[C@H](COC2CCCCO2)CSc2ccccc2)C1c1cccc(Cl)c1Cl. The lowest BCUT2D eigenvalue weighted by molar-refractivity contribution is -0.181. The number of hydrogen-bond acceptors (Lipinski definition) is 8. The molecule has 1 fully saturated rings. The van der Waals surface area contributed by atoms with Gasteiger partial charge in [-0.25, -0.2) is 9.59 Å². The van der Waals surface area contributed by atoms with Gasteiger partial charge in [0, 0.05) is 28.6 Å². The number of thioether (sulfide) groups is 1. The first-order valence-electron chi connectivity index (χ1n) is 13.7. The summed E-state index contributed by atoms with van der Waals surface area (Å²) in [7, 11) is 0. The zero-order valence-electron chi connectivity index (χ0n) is 23.4. The van der Waals surface area contributed by atoms with Gasteiger partial charge in [-0.05, 0) is 63.8 Å². The van der Waals surface area contributed by atoms with E-state index in [9.17, 15) is 9.59 Å². The molecule has 41 heavy (non-hydrogen) atoms. The number of halogens is 2. The lowest BCUT2D eigenvalue weighted by atomic mass is 9.80. The number of esters is 2. The summed E-state index contributed by atoms with van der Waals surface area (Å²) in [6.45, 7) is 6.25. The first-order chi connectivity index (χ1) is 19.8. The first-order valence-corrected chi connectivity index (χ1v) is 15.5. The standard InChI is InChI=1S/C31H35Cl2NO6S/c1-4-37-30(35)26-19(2)34-20(3)27(28(26)23-13-10-14-24(32)29(23)33)31(36)40-21(17-39-25-15-8-9-16-38-25)18-41-22-11-6-5-7-12-22/h5-7,10-14,21,25,28,34H,4,8-9,15-18H2,1-3H3/t21-,25?,28?/m1/s1. The molecule has 220 valence electrons. The van der Waals surface area contributed by atoms with Crippen LogP contribution < -0.4 is 5.32 Å². The third-order valence-electron chi connectivity index (χ3n) is 6.83. The van der Waals surface area contributed by atoms with Gasteiger partial charge in [0.05, 0.1) is 40.3 Å². The number of benzene rings is 2. The molecule has 0 aromatic heterocycles. The van der Waals surface area contributed by atoms with Gasteiger partial charge in [0.15, 0.2) is 6.29 Å². The molecular weight excluding hydrogens is 585 g/mol. The molecule has 0 aliphatic carbocycles. The number of hydrogen-bond donors (Lipinski definition) is 1. The third kappa shape index (κ3) is 8.08. The highest BCUT2D eigenvalue weighted by atomic mass is 35.5. The van der Waals surface area contributed by atoms with E-state index in [4.69, 9.17) is 42.1 Å². The quantitative estimate of drug-likeness (QED) is 0.212. The number of ether oxygens (including phenoxy) is 4. The molecule has 0 saturated carbocycles. The fourth-order valence-electron chi connectivity index (χ4n) is 4.89. The average Bonchev–Trinajstić information content (AvgIpc) is 2.96. The van der Waals surface area contributed by atoms with Crippen molar-refractivity contribution in [2.75, 3.05) is 25.6 Å². The van der Waals surface area contributed by atoms with E-state index in [-0.39, 0.29) is 35.7 Å². The Morgan fingerprint density at radius 3 is 2.44 bits per heavy atom. The van der Waals surface area contributed by atoms with E-state index in [2.05, 4.69) is 5.32 Å². The summed E-state index contributed by atoms with van der Waals surface area (Å²) in [6, 6.07) is 15.0. The van der Waals surface area contributed by atoms with Crippen LogP contribution in [0.3, 0.4) is 0 Å². The molecule has 4 rings (SSSR count). The Morgan fingerprint density at radius 2 is 1.76 bits per heavy atom. The zero-order valence-corrected chi connectivity index (χ0v) is 25.7. The molecule has 0 spiro atoms. The van der Waals surface area contributed by atoms with E-state index in [1.54, 1.807) is 50.7 Å². The molecular formula is C31H35Cl2NO6S. The van der Waals surface area contributed by atoms with Crippen LogP contribution in [0.2, 0.25) is 10.0 Å².